The first-order valence-corrected chi connectivity index (χ1v) is 8.80. The van der Waals surface area contributed by atoms with Crippen LogP contribution >= 0.6 is 0 Å². The van der Waals surface area contributed by atoms with E-state index in [4.69, 9.17) is 0 Å². The summed E-state index contributed by atoms with van der Waals surface area (Å²) < 4.78 is 24.3. The Morgan fingerprint density at radius 2 is 1.94 bits per heavy atom. The molecule has 0 aromatic carbocycles. The van der Waals surface area contributed by atoms with Crippen molar-refractivity contribution in [3.05, 3.63) is 0 Å². The molecule has 0 radical (unpaired) electrons. The number of sulfone groups is 1. The fourth-order valence-corrected chi connectivity index (χ4v) is 5.29. The predicted molar refractivity (Wildman–Crippen MR) is 70.8 cm³/mol. The number of hydrogen-bond donors (Lipinski definition) is 1. The average molecular weight is 259 g/mol. The highest BCUT2D eigenvalue weighted by atomic mass is 32.2. The third-order valence-corrected chi connectivity index (χ3v) is 6.70. The standard InChI is InChI=1S/C13H25NO2S/c1-2-14-12(10-11-6-5-7-11)13-8-3-4-9-17(13,15)16/h11-14H,2-10H2,1H3. The third-order valence-electron chi connectivity index (χ3n) is 4.36. The monoisotopic (exact) mass is 259 g/mol. The van der Waals surface area contributed by atoms with Crippen LogP contribution in [0.2, 0.25) is 0 Å². The second-order valence-corrected chi connectivity index (χ2v) is 7.94. The lowest BCUT2D eigenvalue weighted by atomic mass is 9.80. The minimum atomic E-state index is -2.84. The molecule has 1 aliphatic heterocycles. The van der Waals surface area contributed by atoms with E-state index < -0.39 is 9.84 Å². The van der Waals surface area contributed by atoms with E-state index in [-0.39, 0.29) is 11.3 Å². The van der Waals surface area contributed by atoms with Gasteiger partial charge in [0.05, 0.1) is 11.0 Å². The largest absolute Gasteiger partial charge is 0.313 e. The molecule has 3 nitrogen and oxygen atoms in total. The van der Waals surface area contributed by atoms with Crippen LogP contribution in [-0.4, -0.2) is 32.0 Å². The zero-order chi connectivity index (χ0) is 12.3. The van der Waals surface area contributed by atoms with Gasteiger partial charge < -0.3 is 5.32 Å². The quantitative estimate of drug-likeness (QED) is 0.822. The van der Waals surface area contributed by atoms with E-state index in [1.54, 1.807) is 0 Å². The SMILES string of the molecule is CCNC(CC1CCC1)C1CCCCS1(=O)=O. The van der Waals surface area contributed by atoms with Crippen molar-refractivity contribution in [1.29, 1.82) is 0 Å². The molecule has 2 aliphatic rings. The zero-order valence-electron chi connectivity index (χ0n) is 10.8. The van der Waals surface area contributed by atoms with Gasteiger partial charge in [0.2, 0.25) is 0 Å². The van der Waals surface area contributed by atoms with Crippen molar-refractivity contribution in [2.75, 3.05) is 12.3 Å². The zero-order valence-corrected chi connectivity index (χ0v) is 11.6. The lowest BCUT2D eigenvalue weighted by molar-refractivity contribution is 0.253. The lowest BCUT2D eigenvalue weighted by Gasteiger charge is -2.35. The van der Waals surface area contributed by atoms with Gasteiger partial charge in [0.1, 0.15) is 0 Å². The van der Waals surface area contributed by atoms with E-state index in [0.717, 1.165) is 38.1 Å². The molecule has 0 aromatic rings. The normalized spacial score (nSPS) is 30.8. The van der Waals surface area contributed by atoms with Crippen molar-refractivity contribution in [3.8, 4) is 0 Å². The molecule has 4 heteroatoms. The van der Waals surface area contributed by atoms with Crippen molar-refractivity contribution < 1.29 is 8.42 Å². The molecule has 100 valence electrons. The van der Waals surface area contributed by atoms with E-state index in [0.29, 0.717) is 5.75 Å². The van der Waals surface area contributed by atoms with Gasteiger partial charge in [-0.25, -0.2) is 8.42 Å². The van der Waals surface area contributed by atoms with Gasteiger partial charge >= 0.3 is 0 Å². The summed E-state index contributed by atoms with van der Waals surface area (Å²) in [5.74, 6) is 1.18. The summed E-state index contributed by atoms with van der Waals surface area (Å²) in [5, 5.41) is 3.31. The van der Waals surface area contributed by atoms with E-state index in [1.807, 2.05) is 0 Å². The first kappa shape index (κ1) is 13.3. The number of hydrogen-bond acceptors (Lipinski definition) is 3. The summed E-state index contributed by atoms with van der Waals surface area (Å²) in [4.78, 5) is 0. The molecule has 0 spiro atoms. The summed E-state index contributed by atoms with van der Waals surface area (Å²) in [6.07, 6.45) is 7.81. The van der Waals surface area contributed by atoms with Crippen LogP contribution in [0.15, 0.2) is 0 Å². The Balaban J connectivity index is 2.02. The molecule has 17 heavy (non-hydrogen) atoms. The fraction of sp³-hybridized carbons (Fsp3) is 1.00. The Hall–Kier alpha value is -0.0900. The average Bonchev–Trinajstić information content (AvgIpc) is 2.21. The third kappa shape index (κ3) is 3.22. The molecular formula is C13H25NO2S. The highest BCUT2D eigenvalue weighted by Crippen LogP contribution is 2.33. The van der Waals surface area contributed by atoms with Crippen LogP contribution in [0.5, 0.6) is 0 Å². The van der Waals surface area contributed by atoms with Gasteiger partial charge in [-0.1, -0.05) is 32.6 Å². The Kier molecular flexibility index (Phi) is 4.47. The topological polar surface area (TPSA) is 46.2 Å². The van der Waals surface area contributed by atoms with E-state index in [2.05, 4.69) is 12.2 Å². The van der Waals surface area contributed by atoms with Crippen LogP contribution in [-0.2, 0) is 9.84 Å². The second kappa shape index (κ2) is 5.70. The van der Waals surface area contributed by atoms with Gasteiger partial charge in [0.15, 0.2) is 9.84 Å². The van der Waals surface area contributed by atoms with Crippen molar-refractivity contribution in [3.63, 3.8) is 0 Å². The van der Waals surface area contributed by atoms with Crippen LogP contribution in [0.3, 0.4) is 0 Å². The van der Waals surface area contributed by atoms with Crippen LogP contribution in [0.4, 0.5) is 0 Å². The molecule has 1 saturated heterocycles. The molecule has 1 aliphatic carbocycles. The molecule has 2 rings (SSSR count). The summed E-state index contributed by atoms with van der Waals surface area (Å²) in [5.41, 5.74) is 0. The number of nitrogens with one attached hydrogen (secondary N) is 1. The summed E-state index contributed by atoms with van der Waals surface area (Å²) in [6, 6.07) is 0.204. The van der Waals surface area contributed by atoms with Crippen molar-refractivity contribution >= 4 is 9.84 Å². The fourth-order valence-electron chi connectivity index (χ4n) is 3.15. The summed E-state index contributed by atoms with van der Waals surface area (Å²) >= 11 is 0. The van der Waals surface area contributed by atoms with Crippen LogP contribution in [0, 0.1) is 5.92 Å². The summed E-state index contributed by atoms with van der Waals surface area (Å²) in [6.45, 7) is 2.95. The van der Waals surface area contributed by atoms with E-state index >= 15 is 0 Å². The molecule has 1 N–H and O–H groups in total. The Bertz CT molecular complexity index is 335. The molecule has 2 unspecified atom stereocenters. The maximum atomic E-state index is 12.1. The second-order valence-electron chi connectivity index (χ2n) is 5.60. The minimum absolute atomic E-state index is 0.114. The predicted octanol–water partition coefficient (Wildman–Crippen LogP) is 2.12. The molecule has 0 bridgehead atoms. The first-order chi connectivity index (χ1) is 8.13. The molecule has 2 fully saturated rings. The smallest absolute Gasteiger partial charge is 0.154 e. The van der Waals surface area contributed by atoms with Gasteiger partial charge in [-0.15, -0.1) is 0 Å². The highest BCUT2D eigenvalue weighted by Gasteiger charge is 2.36. The maximum Gasteiger partial charge on any atom is 0.154 e. The molecule has 2 atom stereocenters. The minimum Gasteiger partial charge on any atom is -0.313 e. The number of rotatable bonds is 5. The van der Waals surface area contributed by atoms with E-state index in [9.17, 15) is 8.42 Å². The van der Waals surface area contributed by atoms with Gasteiger partial charge in [-0.3, -0.25) is 0 Å². The summed E-state index contributed by atoms with van der Waals surface area (Å²) in [7, 11) is -2.84. The van der Waals surface area contributed by atoms with Crippen molar-refractivity contribution in [2.45, 2.75) is 63.2 Å². The van der Waals surface area contributed by atoms with Crippen LogP contribution < -0.4 is 5.32 Å². The molecular weight excluding hydrogens is 234 g/mol. The van der Waals surface area contributed by atoms with Gasteiger partial charge in [0.25, 0.3) is 0 Å². The molecule has 1 heterocycles. The lowest BCUT2D eigenvalue weighted by Crippen LogP contribution is -2.48. The Morgan fingerprint density at radius 1 is 1.18 bits per heavy atom. The van der Waals surface area contributed by atoms with Gasteiger partial charge in [-0.05, 0) is 31.7 Å². The van der Waals surface area contributed by atoms with E-state index in [1.165, 1.54) is 19.3 Å². The van der Waals surface area contributed by atoms with Gasteiger partial charge in [0, 0.05) is 6.04 Å². The maximum absolute atomic E-state index is 12.1. The van der Waals surface area contributed by atoms with Crippen LogP contribution in [0.25, 0.3) is 0 Å². The molecule has 0 amide bonds. The van der Waals surface area contributed by atoms with Gasteiger partial charge in [-0.2, -0.15) is 0 Å². The molecule has 1 saturated carbocycles. The van der Waals surface area contributed by atoms with Crippen LogP contribution in [0.1, 0.15) is 51.9 Å². The highest BCUT2D eigenvalue weighted by molar-refractivity contribution is 7.92. The molecule has 0 aromatic heterocycles. The van der Waals surface area contributed by atoms with Crippen molar-refractivity contribution in [1.82, 2.24) is 5.32 Å². The van der Waals surface area contributed by atoms with Crippen molar-refractivity contribution in [2.24, 2.45) is 5.92 Å². The Morgan fingerprint density at radius 3 is 2.47 bits per heavy atom. The first-order valence-electron chi connectivity index (χ1n) is 7.08. The Labute approximate surface area is 105 Å².